The summed E-state index contributed by atoms with van der Waals surface area (Å²) in [7, 11) is -3.73. The second kappa shape index (κ2) is 9.80. The highest BCUT2D eigenvalue weighted by Gasteiger charge is 2.22. The number of nitrogens with zero attached hydrogens (tertiary/aromatic N) is 4. The van der Waals surface area contributed by atoms with Crippen molar-refractivity contribution in [2.45, 2.75) is 4.90 Å². The molecule has 0 saturated carbocycles. The molecular weight excluding hydrogens is 512 g/mol. The van der Waals surface area contributed by atoms with Crippen molar-refractivity contribution in [2.75, 3.05) is 44.4 Å². The largest absolute Gasteiger partial charge is 0.395 e. The zero-order chi connectivity index (χ0) is 25.4. The van der Waals surface area contributed by atoms with Gasteiger partial charge in [0.25, 0.3) is 0 Å². The third-order valence-electron chi connectivity index (χ3n) is 6.16. The van der Waals surface area contributed by atoms with Gasteiger partial charge in [0.2, 0.25) is 10.0 Å². The lowest BCUT2D eigenvalue weighted by molar-refractivity contribution is 0.122. The number of aliphatic hydroxyl groups excluding tert-OH is 1. The monoisotopic (exact) mass is 536 g/mol. The van der Waals surface area contributed by atoms with Crippen molar-refractivity contribution in [1.29, 1.82) is 0 Å². The maximum atomic E-state index is 12.6. The minimum atomic E-state index is -3.73. The maximum absolute atomic E-state index is 12.6. The van der Waals surface area contributed by atoms with Gasteiger partial charge in [-0.3, -0.25) is 0 Å². The van der Waals surface area contributed by atoms with Crippen molar-refractivity contribution in [3.63, 3.8) is 0 Å². The zero-order valence-corrected chi connectivity index (χ0v) is 21.3. The highest BCUT2D eigenvalue weighted by Crippen LogP contribution is 2.39. The molecule has 0 atom stereocenters. The van der Waals surface area contributed by atoms with E-state index in [1.165, 1.54) is 17.4 Å². The van der Waals surface area contributed by atoms with Gasteiger partial charge in [-0.25, -0.2) is 28.1 Å². The van der Waals surface area contributed by atoms with Gasteiger partial charge in [0.05, 0.1) is 34.9 Å². The molecule has 0 spiro atoms. The predicted octanol–water partition coefficient (Wildman–Crippen LogP) is 3.01. The summed E-state index contributed by atoms with van der Waals surface area (Å²) in [5.41, 5.74) is 3.17. The first-order chi connectivity index (χ1) is 18.0. The molecule has 0 amide bonds. The van der Waals surface area contributed by atoms with Gasteiger partial charge in [-0.1, -0.05) is 12.1 Å². The van der Waals surface area contributed by atoms with Crippen LogP contribution in [0.1, 0.15) is 0 Å². The van der Waals surface area contributed by atoms with Gasteiger partial charge in [0, 0.05) is 47.9 Å². The Hall–Kier alpha value is -3.42. The van der Waals surface area contributed by atoms with E-state index in [-0.39, 0.29) is 18.0 Å². The Bertz CT molecular complexity index is 1690. The molecular formula is C25H24N6O4S2. The molecule has 3 N–H and O–H groups in total. The Kier molecular flexibility index (Phi) is 6.34. The van der Waals surface area contributed by atoms with Gasteiger partial charge in [-0.2, -0.15) is 0 Å². The van der Waals surface area contributed by atoms with E-state index >= 15 is 0 Å². The normalized spacial score (nSPS) is 14.6. The number of anilines is 1. The smallest absolute Gasteiger partial charge is 0.240 e. The lowest BCUT2D eigenvalue weighted by Crippen LogP contribution is -2.36. The number of pyridine rings is 1. The second-order valence-corrected chi connectivity index (χ2v) is 11.4. The van der Waals surface area contributed by atoms with E-state index in [0.717, 1.165) is 56.2 Å². The van der Waals surface area contributed by atoms with Crippen LogP contribution in [0.25, 0.3) is 43.1 Å². The van der Waals surface area contributed by atoms with Crippen LogP contribution >= 0.6 is 11.3 Å². The summed E-state index contributed by atoms with van der Waals surface area (Å²) in [6, 6.07) is 12.7. The molecule has 5 aromatic rings. The molecule has 12 heteroatoms. The Morgan fingerprint density at radius 2 is 1.97 bits per heavy atom. The molecule has 1 saturated heterocycles. The van der Waals surface area contributed by atoms with Crippen LogP contribution in [-0.2, 0) is 14.8 Å². The van der Waals surface area contributed by atoms with E-state index in [0.29, 0.717) is 19.0 Å². The number of rotatable bonds is 7. The highest BCUT2D eigenvalue weighted by molar-refractivity contribution is 7.89. The fraction of sp³-hybridized carbons (Fsp3) is 0.240. The molecule has 5 heterocycles. The Labute approximate surface area is 217 Å². The summed E-state index contributed by atoms with van der Waals surface area (Å²) in [5.74, 6) is 1.42. The van der Waals surface area contributed by atoms with E-state index < -0.39 is 10.0 Å². The van der Waals surface area contributed by atoms with Gasteiger partial charge < -0.3 is 19.7 Å². The summed E-state index contributed by atoms with van der Waals surface area (Å²) < 4.78 is 34.1. The fourth-order valence-corrected chi connectivity index (χ4v) is 6.49. The first-order valence-electron chi connectivity index (χ1n) is 11.8. The number of thiophene rings is 1. The van der Waals surface area contributed by atoms with Crippen LogP contribution in [0.2, 0.25) is 0 Å². The number of hydrogen-bond donors (Lipinski definition) is 3. The molecule has 6 rings (SSSR count). The summed E-state index contributed by atoms with van der Waals surface area (Å²) in [5, 5.41) is 9.99. The quantitative estimate of drug-likeness (QED) is 0.289. The van der Waals surface area contributed by atoms with Crippen LogP contribution < -0.4 is 9.62 Å². The van der Waals surface area contributed by atoms with Crippen LogP contribution in [0.15, 0.2) is 59.8 Å². The zero-order valence-electron chi connectivity index (χ0n) is 19.7. The first kappa shape index (κ1) is 23.9. The summed E-state index contributed by atoms with van der Waals surface area (Å²) in [6.45, 7) is 2.37. The van der Waals surface area contributed by atoms with Crippen molar-refractivity contribution >= 4 is 48.4 Å². The number of ether oxygens (including phenoxy) is 1. The van der Waals surface area contributed by atoms with E-state index in [2.05, 4.69) is 19.6 Å². The van der Waals surface area contributed by atoms with Crippen molar-refractivity contribution in [3.05, 3.63) is 54.9 Å². The Morgan fingerprint density at radius 1 is 1.11 bits per heavy atom. The van der Waals surface area contributed by atoms with E-state index in [9.17, 15) is 8.42 Å². The number of morpholine rings is 1. The Morgan fingerprint density at radius 3 is 2.81 bits per heavy atom. The lowest BCUT2D eigenvalue weighted by Gasteiger charge is -2.28. The van der Waals surface area contributed by atoms with Gasteiger partial charge >= 0.3 is 0 Å². The maximum Gasteiger partial charge on any atom is 0.240 e. The number of aliphatic hydroxyl groups is 1. The number of nitrogens with one attached hydrogen (secondary N) is 2. The molecule has 10 nitrogen and oxygen atoms in total. The summed E-state index contributed by atoms with van der Waals surface area (Å²) in [6.07, 6.45) is 3.62. The molecule has 0 bridgehead atoms. The first-order valence-corrected chi connectivity index (χ1v) is 14.1. The number of sulfonamides is 1. The van der Waals surface area contributed by atoms with Crippen LogP contribution in [0.4, 0.5) is 5.82 Å². The summed E-state index contributed by atoms with van der Waals surface area (Å²) in [4.78, 5) is 20.7. The highest BCUT2D eigenvalue weighted by atomic mass is 32.2. The number of fused-ring (bicyclic) bond motifs is 2. The average molecular weight is 537 g/mol. The van der Waals surface area contributed by atoms with Crippen LogP contribution in [-0.4, -0.2) is 72.9 Å². The van der Waals surface area contributed by atoms with Crippen molar-refractivity contribution in [2.24, 2.45) is 0 Å². The fourth-order valence-electron chi connectivity index (χ4n) is 4.32. The van der Waals surface area contributed by atoms with Gasteiger partial charge in [-0.05, 0) is 35.9 Å². The molecule has 1 aliphatic rings. The number of H-pyrrole nitrogens is 1. The van der Waals surface area contributed by atoms with Crippen molar-refractivity contribution in [3.8, 4) is 21.8 Å². The molecule has 37 heavy (non-hydrogen) atoms. The molecule has 0 aliphatic carbocycles. The molecule has 1 fully saturated rings. The van der Waals surface area contributed by atoms with Crippen LogP contribution in [0, 0.1) is 0 Å². The van der Waals surface area contributed by atoms with Crippen LogP contribution in [0.3, 0.4) is 0 Å². The predicted molar refractivity (Wildman–Crippen MR) is 143 cm³/mol. The average Bonchev–Trinajstić information content (AvgIpc) is 3.58. The molecule has 0 radical (unpaired) electrons. The topological polar surface area (TPSA) is 133 Å². The van der Waals surface area contributed by atoms with Crippen molar-refractivity contribution < 1.29 is 18.3 Å². The van der Waals surface area contributed by atoms with E-state index in [1.807, 2.05) is 30.5 Å². The van der Waals surface area contributed by atoms with Gasteiger partial charge in [-0.15, -0.1) is 11.3 Å². The van der Waals surface area contributed by atoms with E-state index in [1.54, 1.807) is 18.3 Å². The molecule has 190 valence electrons. The number of aromatic amines is 1. The minimum absolute atomic E-state index is 0.0415. The Balaban J connectivity index is 1.47. The second-order valence-electron chi connectivity index (χ2n) is 8.58. The number of aromatic nitrogens is 4. The SMILES string of the molecule is O=S(=O)(NCCO)c1cccc(-c2cc3nc(-c4cnc5[nH]ccc5c4)nc(N4CCOCC4)c3s2)c1. The third kappa shape index (κ3) is 4.69. The standard InChI is InChI=1S/C25H24N6O4S2/c32-9-6-28-37(33,34)19-3-1-2-16(13-19)21-14-20-22(36-21)25(31-7-10-35-11-8-31)30-24(29-20)18-12-17-4-5-26-23(17)27-15-18/h1-5,12-15,28,32H,6-11H2,(H,26,27). The number of benzene rings is 1. The third-order valence-corrected chi connectivity index (χ3v) is 8.78. The molecule has 1 aromatic carbocycles. The minimum Gasteiger partial charge on any atom is -0.395 e. The van der Waals surface area contributed by atoms with Gasteiger partial charge in [0.1, 0.15) is 5.65 Å². The van der Waals surface area contributed by atoms with Crippen LogP contribution in [0.5, 0.6) is 0 Å². The summed E-state index contributed by atoms with van der Waals surface area (Å²) >= 11 is 1.53. The van der Waals surface area contributed by atoms with E-state index in [4.69, 9.17) is 19.8 Å². The van der Waals surface area contributed by atoms with Gasteiger partial charge in [0.15, 0.2) is 11.6 Å². The van der Waals surface area contributed by atoms with Crippen molar-refractivity contribution in [1.82, 2.24) is 24.7 Å². The molecule has 0 unspecified atom stereocenters. The molecule has 1 aliphatic heterocycles. The lowest BCUT2D eigenvalue weighted by atomic mass is 10.2. The number of hydrogen-bond acceptors (Lipinski definition) is 9. The molecule has 4 aromatic heterocycles.